The Hall–Kier alpha value is -2.73. The quantitative estimate of drug-likeness (QED) is 0.733. The van der Waals surface area contributed by atoms with Crippen molar-refractivity contribution in [3.8, 4) is 17.2 Å². The maximum absolute atomic E-state index is 12.4. The van der Waals surface area contributed by atoms with E-state index in [0.717, 1.165) is 16.9 Å². The van der Waals surface area contributed by atoms with Gasteiger partial charge in [-0.1, -0.05) is 18.2 Å². The number of hydrogen-bond donors (Lipinski definition) is 1. The van der Waals surface area contributed by atoms with Crippen molar-refractivity contribution in [2.75, 3.05) is 42.0 Å². The Kier molecular flexibility index (Phi) is 7.49. The summed E-state index contributed by atoms with van der Waals surface area (Å²) in [5.41, 5.74) is 1.96. The van der Waals surface area contributed by atoms with Crippen molar-refractivity contribution in [3.63, 3.8) is 0 Å². The number of nitrogens with zero attached hydrogens (tertiary/aromatic N) is 1. The van der Waals surface area contributed by atoms with Gasteiger partial charge in [-0.05, 0) is 49.5 Å². The lowest BCUT2D eigenvalue weighted by Crippen LogP contribution is -2.35. The molecule has 27 heavy (non-hydrogen) atoms. The van der Waals surface area contributed by atoms with E-state index in [9.17, 15) is 4.79 Å². The molecule has 1 amide bonds. The second kappa shape index (κ2) is 9.83. The molecule has 0 fully saturated rings. The van der Waals surface area contributed by atoms with Gasteiger partial charge in [0.25, 0.3) is 0 Å². The van der Waals surface area contributed by atoms with E-state index in [0.29, 0.717) is 18.0 Å². The maximum Gasteiger partial charge on any atom is 0.224 e. The fourth-order valence-corrected chi connectivity index (χ4v) is 2.90. The molecule has 2 aromatic carbocycles. The van der Waals surface area contributed by atoms with Crippen LogP contribution < -0.4 is 19.5 Å². The minimum absolute atomic E-state index is 0.0445. The van der Waals surface area contributed by atoms with Gasteiger partial charge in [0, 0.05) is 6.54 Å². The van der Waals surface area contributed by atoms with Crippen LogP contribution >= 0.6 is 0 Å². The van der Waals surface area contributed by atoms with E-state index in [1.54, 1.807) is 27.4 Å². The molecule has 0 aliphatic carbocycles. The van der Waals surface area contributed by atoms with Crippen molar-refractivity contribution in [1.29, 1.82) is 0 Å². The Balaban J connectivity index is 2.01. The lowest BCUT2D eigenvalue weighted by Gasteiger charge is -2.25. The third kappa shape index (κ3) is 5.62. The van der Waals surface area contributed by atoms with Crippen molar-refractivity contribution in [1.82, 2.24) is 10.2 Å². The molecule has 146 valence electrons. The average molecular weight is 372 g/mol. The molecule has 6 heteroatoms. The highest BCUT2D eigenvalue weighted by atomic mass is 16.5. The van der Waals surface area contributed by atoms with Gasteiger partial charge >= 0.3 is 0 Å². The molecule has 0 spiro atoms. The molecule has 0 aromatic heterocycles. The summed E-state index contributed by atoms with van der Waals surface area (Å²) in [6.07, 6.45) is 0.276. The molecule has 2 rings (SSSR count). The van der Waals surface area contributed by atoms with Crippen LogP contribution in [0.4, 0.5) is 0 Å². The molecule has 0 aliphatic heterocycles. The highest BCUT2D eigenvalue weighted by molar-refractivity contribution is 5.78. The van der Waals surface area contributed by atoms with Gasteiger partial charge in [0.15, 0.2) is 11.5 Å². The summed E-state index contributed by atoms with van der Waals surface area (Å²) in [5, 5.41) is 3.02. The van der Waals surface area contributed by atoms with E-state index in [4.69, 9.17) is 14.2 Å². The molecule has 1 N–H and O–H groups in total. The third-order valence-corrected chi connectivity index (χ3v) is 4.41. The SMILES string of the molecule is COc1cccc(C(CNC(=O)Cc2ccc(OC)c(OC)c2)N(C)C)c1. The maximum atomic E-state index is 12.4. The summed E-state index contributed by atoms with van der Waals surface area (Å²) in [5.74, 6) is 2.02. The van der Waals surface area contributed by atoms with Crippen LogP contribution in [0.25, 0.3) is 0 Å². The van der Waals surface area contributed by atoms with Crippen molar-refractivity contribution in [3.05, 3.63) is 53.6 Å². The normalized spacial score (nSPS) is 11.8. The minimum atomic E-state index is -0.0445. The summed E-state index contributed by atoms with van der Waals surface area (Å²) in [4.78, 5) is 14.5. The number of benzene rings is 2. The first-order chi connectivity index (χ1) is 13.0. The molecule has 1 unspecified atom stereocenters. The summed E-state index contributed by atoms with van der Waals surface area (Å²) in [7, 11) is 8.80. The molecular formula is C21H28N2O4. The van der Waals surface area contributed by atoms with Gasteiger partial charge in [0.2, 0.25) is 5.91 Å². The average Bonchev–Trinajstić information content (AvgIpc) is 2.67. The smallest absolute Gasteiger partial charge is 0.224 e. The van der Waals surface area contributed by atoms with E-state index in [1.165, 1.54) is 0 Å². The number of nitrogens with one attached hydrogen (secondary N) is 1. The summed E-state index contributed by atoms with van der Waals surface area (Å²) in [6, 6.07) is 13.4. The Morgan fingerprint density at radius 3 is 2.37 bits per heavy atom. The highest BCUT2D eigenvalue weighted by Crippen LogP contribution is 2.27. The molecule has 0 bridgehead atoms. The molecule has 0 saturated heterocycles. The van der Waals surface area contributed by atoms with Gasteiger partial charge in [0.05, 0.1) is 33.8 Å². The Morgan fingerprint density at radius 2 is 1.74 bits per heavy atom. The largest absolute Gasteiger partial charge is 0.497 e. The van der Waals surface area contributed by atoms with Gasteiger partial charge in [0.1, 0.15) is 5.75 Å². The molecule has 6 nitrogen and oxygen atoms in total. The number of rotatable bonds is 9. The molecule has 0 heterocycles. The molecule has 0 saturated carbocycles. The van der Waals surface area contributed by atoms with Gasteiger partial charge in [-0.25, -0.2) is 0 Å². The van der Waals surface area contributed by atoms with Crippen LogP contribution in [0, 0.1) is 0 Å². The predicted molar refractivity (Wildman–Crippen MR) is 106 cm³/mol. The van der Waals surface area contributed by atoms with Crippen LogP contribution in [0.15, 0.2) is 42.5 Å². The van der Waals surface area contributed by atoms with Crippen molar-refractivity contribution >= 4 is 5.91 Å². The molecule has 2 aromatic rings. The van der Waals surface area contributed by atoms with Crippen LogP contribution in [0.1, 0.15) is 17.2 Å². The molecule has 0 radical (unpaired) electrons. The molecular weight excluding hydrogens is 344 g/mol. The van der Waals surface area contributed by atoms with Crippen LogP contribution in [-0.2, 0) is 11.2 Å². The van der Waals surface area contributed by atoms with Crippen molar-refractivity contribution in [2.45, 2.75) is 12.5 Å². The van der Waals surface area contributed by atoms with E-state index < -0.39 is 0 Å². The first-order valence-corrected chi connectivity index (χ1v) is 8.76. The summed E-state index contributed by atoms with van der Waals surface area (Å²) < 4.78 is 15.8. The van der Waals surface area contributed by atoms with E-state index >= 15 is 0 Å². The van der Waals surface area contributed by atoms with E-state index in [-0.39, 0.29) is 18.4 Å². The number of hydrogen-bond acceptors (Lipinski definition) is 5. The van der Waals surface area contributed by atoms with Crippen LogP contribution in [0.5, 0.6) is 17.2 Å². The predicted octanol–water partition coefficient (Wildman–Crippen LogP) is 2.67. The minimum Gasteiger partial charge on any atom is -0.497 e. The molecule has 1 atom stereocenters. The lowest BCUT2D eigenvalue weighted by molar-refractivity contribution is -0.120. The zero-order valence-corrected chi connectivity index (χ0v) is 16.6. The fraction of sp³-hybridized carbons (Fsp3) is 0.381. The summed E-state index contributed by atoms with van der Waals surface area (Å²) in [6.45, 7) is 0.506. The van der Waals surface area contributed by atoms with Crippen LogP contribution in [0.2, 0.25) is 0 Å². The fourth-order valence-electron chi connectivity index (χ4n) is 2.90. The monoisotopic (exact) mass is 372 g/mol. The van der Waals surface area contributed by atoms with Crippen LogP contribution in [-0.4, -0.2) is 52.8 Å². The summed E-state index contributed by atoms with van der Waals surface area (Å²) >= 11 is 0. The number of methoxy groups -OCH3 is 3. The number of amides is 1. The van der Waals surface area contributed by atoms with E-state index in [1.807, 2.05) is 50.5 Å². The van der Waals surface area contributed by atoms with Gasteiger partial charge < -0.3 is 24.4 Å². The van der Waals surface area contributed by atoms with Crippen molar-refractivity contribution in [2.24, 2.45) is 0 Å². The topological polar surface area (TPSA) is 60.0 Å². The Bertz CT molecular complexity index is 762. The number of carbonyl (C=O) groups excluding carboxylic acids is 1. The molecule has 0 aliphatic rings. The zero-order chi connectivity index (χ0) is 19.8. The Morgan fingerprint density at radius 1 is 1.00 bits per heavy atom. The number of likely N-dealkylation sites (N-methyl/N-ethyl adjacent to an activating group) is 1. The lowest BCUT2D eigenvalue weighted by atomic mass is 10.1. The Labute approximate surface area is 161 Å². The van der Waals surface area contributed by atoms with Gasteiger partial charge in [-0.2, -0.15) is 0 Å². The zero-order valence-electron chi connectivity index (χ0n) is 16.6. The number of carbonyl (C=O) groups is 1. The second-order valence-corrected chi connectivity index (χ2v) is 6.43. The number of ether oxygens (including phenoxy) is 3. The van der Waals surface area contributed by atoms with Crippen LogP contribution in [0.3, 0.4) is 0 Å². The van der Waals surface area contributed by atoms with Gasteiger partial charge in [-0.15, -0.1) is 0 Å². The standard InChI is InChI=1S/C21H28N2O4/c1-23(2)18(16-7-6-8-17(13-16)25-3)14-22-21(24)12-15-9-10-19(26-4)20(11-15)27-5/h6-11,13,18H,12,14H2,1-5H3,(H,22,24). The third-order valence-electron chi connectivity index (χ3n) is 4.41. The van der Waals surface area contributed by atoms with Crippen molar-refractivity contribution < 1.29 is 19.0 Å². The second-order valence-electron chi connectivity index (χ2n) is 6.43. The first kappa shape index (κ1) is 20.6. The van der Waals surface area contributed by atoms with E-state index in [2.05, 4.69) is 10.2 Å². The highest BCUT2D eigenvalue weighted by Gasteiger charge is 2.16. The first-order valence-electron chi connectivity index (χ1n) is 8.76. The van der Waals surface area contributed by atoms with Gasteiger partial charge in [-0.3, -0.25) is 4.79 Å².